The molecule has 6 nitrogen and oxygen atoms in total. The Morgan fingerprint density at radius 2 is 1.93 bits per heavy atom. The van der Waals surface area contributed by atoms with Crippen LogP contribution in [0.25, 0.3) is 0 Å². The average molecular weight is 376 g/mol. The van der Waals surface area contributed by atoms with E-state index in [0.29, 0.717) is 19.4 Å². The van der Waals surface area contributed by atoms with Gasteiger partial charge in [0.1, 0.15) is 6.04 Å². The number of nitrogens with zero attached hydrogens (tertiary/aromatic N) is 2. The molecule has 7 heteroatoms. The second-order valence-corrected chi connectivity index (χ2v) is 7.89. The van der Waals surface area contributed by atoms with Crippen LogP contribution in [0.5, 0.6) is 0 Å². The summed E-state index contributed by atoms with van der Waals surface area (Å²) >= 11 is 0. The van der Waals surface area contributed by atoms with Gasteiger partial charge in [-0.15, -0.1) is 0 Å². The molecule has 2 aliphatic heterocycles. The summed E-state index contributed by atoms with van der Waals surface area (Å²) < 4.78 is 14.4. The first-order valence-corrected chi connectivity index (χ1v) is 9.28. The highest BCUT2D eigenvalue weighted by molar-refractivity contribution is 5.90. The summed E-state index contributed by atoms with van der Waals surface area (Å²) in [6.45, 7) is 3.80. The van der Waals surface area contributed by atoms with Crippen LogP contribution in [0.4, 0.5) is 4.39 Å². The molecule has 0 saturated carbocycles. The Kier molecular flexibility index (Phi) is 5.22. The fourth-order valence-corrected chi connectivity index (χ4v) is 3.82. The van der Waals surface area contributed by atoms with Gasteiger partial charge in [0.05, 0.1) is 6.54 Å². The molecule has 146 valence electrons. The third kappa shape index (κ3) is 3.82. The lowest BCUT2D eigenvalue weighted by Gasteiger charge is -2.38. The Morgan fingerprint density at radius 3 is 2.52 bits per heavy atom. The average Bonchev–Trinajstić information content (AvgIpc) is 3.03. The molecule has 2 aliphatic rings. The van der Waals surface area contributed by atoms with Gasteiger partial charge in [-0.2, -0.15) is 0 Å². The van der Waals surface area contributed by atoms with Gasteiger partial charge < -0.3 is 14.9 Å². The number of carbonyl (C=O) groups is 3. The summed E-state index contributed by atoms with van der Waals surface area (Å²) in [5.74, 6) is -1.87. The maximum absolute atomic E-state index is 14.4. The van der Waals surface area contributed by atoms with Gasteiger partial charge in [-0.25, -0.2) is 9.18 Å². The van der Waals surface area contributed by atoms with Gasteiger partial charge in [0, 0.05) is 32.4 Å². The second kappa shape index (κ2) is 7.29. The molecular weight excluding hydrogens is 351 g/mol. The smallest absolute Gasteiger partial charge is 0.343 e. The zero-order valence-electron chi connectivity index (χ0n) is 15.7. The molecule has 0 bridgehead atoms. The molecule has 0 aliphatic carbocycles. The molecule has 2 heterocycles. The van der Waals surface area contributed by atoms with E-state index in [4.69, 9.17) is 5.11 Å². The molecule has 3 rings (SSSR count). The first-order chi connectivity index (χ1) is 12.7. The maximum atomic E-state index is 14.4. The van der Waals surface area contributed by atoms with Crippen molar-refractivity contribution in [1.82, 2.24) is 9.80 Å². The molecule has 2 amide bonds. The molecular formula is C20H25FN2O4. The standard InChI is InChI=1S/C20H25FN2O4/c1-13(2)9-17(24)23-11-15-6-4-3-5-14(15)10-16(23)18(25)22-8-7-20(21,12-22)19(26)27/h3-6,13,16H,7-12H2,1-2H3,(H,26,27). The van der Waals surface area contributed by atoms with Gasteiger partial charge in [0.25, 0.3) is 0 Å². The van der Waals surface area contributed by atoms with Crippen LogP contribution in [0.2, 0.25) is 0 Å². The van der Waals surface area contributed by atoms with E-state index in [2.05, 4.69) is 0 Å². The third-order valence-corrected chi connectivity index (χ3v) is 5.35. The summed E-state index contributed by atoms with van der Waals surface area (Å²) in [7, 11) is 0. The zero-order valence-corrected chi connectivity index (χ0v) is 15.7. The number of fused-ring (bicyclic) bond motifs is 1. The first-order valence-electron chi connectivity index (χ1n) is 9.28. The summed E-state index contributed by atoms with van der Waals surface area (Å²) in [4.78, 5) is 39.8. The van der Waals surface area contributed by atoms with Crippen LogP contribution in [0.3, 0.4) is 0 Å². The first kappa shape index (κ1) is 19.3. The summed E-state index contributed by atoms with van der Waals surface area (Å²) in [5.41, 5.74) is -0.409. The van der Waals surface area contributed by atoms with Crippen molar-refractivity contribution in [1.29, 1.82) is 0 Å². The van der Waals surface area contributed by atoms with Crippen molar-refractivity contribution in [2.45, 2.75) is 51.4 Å². The molecule has 1 fully saturated rings. The number of likely N-dealkylation sites (tertiary alicyclic amines) is 1. The summed E-state index contributed by atoms with van der Waals surface area (Å²) in [5, 5.41) is 9.07. The highest BCUT2D eigenvalue weighted by Gasteiger charge is 2.49. The molecule has 1 saturated heterocycles. The number of rotatable bonds is 4. The minimum absolute atomic E-state index is 0.0476. The Morgan fingerprint density at radius 1 is 1.26 bits per heavy atom. The van der Waals surface area contributed by atoms with Crippen LogP contribution < -0.4 is 0 Å². The number of hydrogen-bond acceptors (Lipinski definition) is 3. The molecule has 0 radical (unpaired) electrons. The lowest BCUT2D eigenvalue weighted by atomic mass is 9.92. The van der Waals surface area contributed by atoms with Gasteiger partial charge in [-0.3, -0.25) is 9.59 Å². The highest BCUT2D eigenvalue weighted by atomic mass is 19.1. The highest BCUT2D eigenvalue weighted by Crippen LogP contribution is 2.30. The normalized spacial score (nSPS) is 24.8. The molecule has 27 heavy (non-hydrogen) atoms. The number of carboxylic acid groups (broad SMARTS) is 1. The second-order valence-electron chi connectivity index (χ2n) is 7.89. The predicted octanol–water partition coefficient (Wildman–Crippen LogP) is 2.01. The lowest BCUT2D eigenvalue weighted by Crippen LogP contribution is -2.54. The molecule has 2 unspecified atom stereocenters. The largest absolute Gasteiger partial charge is 0.479 e. The fraction of sp³-hybridized carbons (Fsp3) is 0.550. The van der Waals surface area contributed by atoms with Crippen LogP contribution in [0.15, 0.2) is 24.3 Å². The molecule has 0 spiro atoms. The predicted molar refractivity (Wildman–Crippen MR) is 96.6 cm³/mol. The van der Waals surface area contributed by atoms with Gasteiger partial charge >= 0.3 is 5.97 Å². The van der Waals surface area contributed by atoms with E-state index < -0.39 is 24.2 Å². The van der Waals surface area contributed by atoms with Crippen LogP contribution in [-0.4, -0.2) is 57.5 Å². The number of hydrogen-bond donors (Lipinski definition) is 1. The number of carbonyl (C=O) groups excluding carboxylic acids is 2. The van der Waals surface area contributed by atoms with Gasteiger partial charge in [-0.05, 0) is 17.0 Å². The van der Waals surface area contributed by atoms with E-state index in [1.807, 2.05) is 38.1 Å². The Labute approximate surface area is 157 Å². The third-order valence-electron chi connectivity index (χ3n) is 5.35. The monoisotopic (exact) mass is 376 g/mol. The van der Waals surface area contributed by atoms with E-state index in [-0.39, 0.29) is 30.7 Å². The number of alkyl halides is 1. The van der Waals surface area contributed by atoms with E-state index >= 15 is 0 Å². The molecule has 2 atom stereocenters. The minimum Gasteiger partial charge on any atom is -0.479 e. The molecule has 0 aromatic heterocycles. The van der Waals surface area contributed by atoms with Gasteiger partial charge in [0.15, 0.2) is 0 Å². The number of carboxylic acids is 1. The van der Waals surface area contributed by atoms with Crippen LogP contribution in [0.1, 0.15) is 37.8 Å². The Bertz CT molecular complexity index is 766. The Hall–Kier alpha value is -2.44. The van der Waals surface area contributed by atoms with Crippen molar-refractivity contribution in [2.24, 2.45) is 5.92 Å². The maximum Gasteiger partial charge on any atom is 0.343 e. The van der Waals surface area contributed by atoms with Crippen molar-refractivity contribution in [2.75, 3.05) is 13.1 Å². The van der Waals surface area contributed by atoms with E-state index in [1.165, 1.54) is 4.90 Å². The van der Waals surface area contributed by atoms with E-state index in [9.17, 15) is 18.8 Å². The van der Waals surface area contributed by atoms with Crippen LogP contribution in [0, 0.1) is 5.92 Å². The Balaban J connectivity index is 1.85. The summed E-state index contributed by atoms with van der Waals surface area (Å²) in [6, 6.07) is 6.94. The molecule has 1 N–H and O–H groups in total. The fourth-order valence-electron chi connectivity index (χ4n) is 3.82. The minimum atomic E-state index is -2.41. The van der Waals surface area contributed by atoms with Crippen molar-refractivity contribution < 1.29 is 23.9 Å². The number of halogens is 1. The summed E-state index contributed by atoms with van der Waals surface area (Å²) in [6.07, 6.45) is 0.465. The van der Waals surface area contributed by atoms with Crippen molar-refractivity contribution in [3.05, 3.63) is 35.4 Å². The topological polar surface area (TPSA) is 77.9 Å². The molecule has 1 aromatic rings. The van der Waals surface area contributed by atoms with Crippen LogP contribution >= 0.6 is 0 Å². The number of benzene rings is 1. The van der Waals surface area contributed by atoms with Crippen LogP contribution in [-0.2, 0) is 27.3 Å². The van der Waals surface area contributed by atoms with E-state index in [0.717, 1.165) is 11.1 Å². The lowest BCUT2D eigenvalue weighted by molar-refractivity contribution is -0.152. The van der Waals surface area contributed by atoms with Crippen molar-refractivity contribution in [3.8, 4) is 0 Å². The van der Waals surface area contributed by atoms with Crippen molar-refractivity contribution >= 4 is 17.8 Å². The van der Waals surface area contributed by atoms with Gasteiger partial charge in [0.2, 0.25) is 17.5 Å². The zero-order chi connectivity index (χ0) is 19.8. The molecule has 1 aromatic carbocycles. The SMILES string of the molecule is CC(C)CC(=O)N1Cc2ccccc2CC1C(=O)N1CCC(F)(C(=O)O)C1. The quantitative estimate of drug-likeness (QED) is 0.872. The van der Waals surface area contributed by atoms with E-state index in [1.54, 1.807) is 4.90 Å². The number of aliphatic carboxylic acids is 1. The van der Waals surface area contributed by atoms with Gasteiger partial charge in [-0.1, -0.05) is 38.1 Å². The van der Waals surface area contributed by atoms with Crippen molar-refractivity contribution in [3.63, 3.8) is 0 Å². The number of amides is 2.